The highest BCUT2D eigenvalue weighted by Crippen LogP contribution is 2.39. The largest absolute Gasteiger partial charge is 0.385 e. The van der Waals surface area contributed by atoms with Gasteiger partial charge in [0.05, 0.1) is 22.3 Å². The van der Waals surface area contributed by atoms with Crippen molar-refractivity contribution in [3.63, 3.8) is 0 Å². The first-order valence-corrected chi connectivity index (χ1v) is 11.6. The number of nitrogens with one attached hydrogen (secondary N) is 1. The molecule has 35 heavy (non-hydrogen) atoms. The fourth-order valence-corrected chi connectivity index (χ4v) is 5.25. The average molecular weight is 473 g/mol. The van der Waals surface area contributed by atoms with E-state index >= 15 is 0 Å². The molecule has 0 saturated carbocycles. The molecule has 3 aliphatic rings. The first-order valence-electron chi connectivity index (χ1n) is 11.6. The van der Waals surface area contributed by atoms with Gasteiger partial charge in [0.2, 0.25) is 11.8 Å². The molecule has 9 nitrogen and oxygen atoms in total. The zero-order valence-corrected chi connectivity index (χ0v) is 19.0. The van der Waals surface area contributed by atoms with Crippen molar-refractivity contribution < 1.29 is 24.3 Å². The van der Waals surface area contributed by atoms with Crippen LogP contribution in [0.2, 0.25) is 0 Å². The number of rotatable bonds is 4. The molecule has 2 fully saturated rings. The highest BCUT2D eigenvalue weighted by atomic mass is 16.3. The van der Waals surface area contributed by atoms with Gasteiger partial charge in [-0.15, -0.1) is 0 Å². The average Bonchev–Trinajstić information content (AvgIpc) is 3.11. The van der Waals surface area contributed by atoms with Crippen LogP contribution >= 0.6 is 0 Å². The van der Waals surface area contributed by atoms with Gasteiger partial charge in [-0.2, -0.15) is 5.26 Å². The minimum absolute atomic E-state index is 0.0133. The number of nitrogens with zero attached hydrogens (tertiary/aromatic N) is 3. The molecule has 5 rings (SSSR count). The summed E-state index contributed by atoms with van der Waals surface area (Å²) in [7, 11) is 0. The molecule has 1 unspecified atom stereocenters. The molecule has 4 amide bonds. The SMILES string of the molecule is N#Cc1c(C2(O)CCN(Cc3ccccc3)CC2)ccc2c1C(=O)N(C1CCC(=O)NC1=O)C2=O. The number of piperidine rings is 2. The summed E-state index contributed by atoms with van der Waals surface area (Å²) < 4.78 is 0. The van der Waals surface area contributed by atoms with E-state index in [1.807, 2.05) is 36.4 Å². The van der Waals surface area contributed by atoms with Gasteiger partial charge in [0, 0.05) is 31.6 Å². The van der Waals surface area contributed by atoms with Gasteiger partial charge in [-0.25, -0.2) is 0 Å². The van der Waals surface area contributed by atoms with Crippen LogP contribution in [-0.2, 0) is 21.7 Å². The molecule has 0 aromatic heterocycles. The van der Waals surface area contributed by atoms with Crippen LogP contribution in [0.1, 0.15) is 63.1 Å². The van der Waals surface area contributed by atoms with Crippen molar-refractivity contribution in [2.75, 3.05) is 13.1 Å². The minimum atomic E-state index is -1.32. The van der Waals surface area contributed by atoms with Gasteiger partial charge in [0.25, 0.3) is 11.8 Å². The fourth-order valence-electron chi connectivity index (χ4n) is 5.25. The maximum atomic E-state index is 13.3. The lowest BCUT2D eigenvalue weighted by molar-refractivity contribution is -0.136. The molecule has 1 atom stereocenters. The zero-order chi connectivity index (χ0) is 24.7. The van der Waals surface area contributed by atoms with Crippen LogP contribution in [0, 0.1) is 11.3 Å². The van der Waals surface area contributed by atoms with Gasteiger partial charge in [-0.05, 0) is 30.9 Å². The lowest BCUT2D eigenvalue weighted by Gasteiger charge is -2.39. The van der Waals surface area contributed by atoms with E-state index in [9.17, 15) is 29.5 Å². The van der Waals surface area contributed by atoms with Crippen molar-refractivity contribution in [2.45, 2.75) is 43.9 Å². The number of amides is 4. The first kappa shape index (κ1) is 22.9. The summed E-state index contributed by atoms with van der Waals surface area (Å²) in [6, 6.07) is 13.9. The van der Waals surface area contributed by atoms with E-state index in [1.54, 1.807) is 6.07 Å². The molecule has 178 valence electrons. The molecule has 2 aromatic carbocycles. The predicted molar refractivity (Wildman–Crippen MR) is 123 cm³/mol. The van der Waals surface area contributed by atoms with E-state index in [-0.39, 0.29) is 29.5 Å². The lowest BCUT2D eigenvalue weighted by Crippen LogP contribution is -2.54. The third-order valence-electron chi connectivity index (χ3n) is 7.15. The van der Waals surface area contributed by atoms with Crippen LogP contribution in [0.15, 0.2) is 42.5 Å². The molecule has 3 heterocycles. The van der Waals surface area contributed by atoms with Gasteiger partial charge >= 0.3 is 0 Å². The summed E-state index contributed by atoms with van der Waals surface area (Å²) in [5.74, 6) is -2.59. The Bertz CT molecular complexity index is 1270. The van der Waals surface area contributed by atoms with Crippen LogP contribution in [0.25, 0.3) is 0 Å². The third-order valence-corrected chi connectivity index (χ3v) is 7.15. The summed E-state index contributed by atoms with van der Waals surface area (Å²) >= 11 is 0. The molecular weight excluding hydrogens is 448 g/mol. The monoisotopic (exact) mass is 472 g/mol. The summed E-state index contributed by atoms with van der Waals surface area (Å²) in [6.45, 7) is 1.95. The molecule has 2 saturated heterocycles. The number of aliphatic hydroxyl groups is 1. The fraction of sp³-hybridized carbons (Fsp3) is 0.346. The number of nitriles is 1. The minimum Gasteiger partial charge on any atom is -0.385 e. The Morgan fingerprint density at radius 1 is 1.03 bits per heavy atom. The second kappa shape index (κ2) is 8.73. The number of imide groups is 2. The van der Waals surface area contributed by atoms with Crippen molar-refractivity contribution in [3.05, 3.63) is 70.3 Å². The van der Waals surface area contributed by atoms with Crippen LogP contribution in [0.4, 0.5) is 0 Å². The number of likely N-dealkylation sites (tertiary alicyclic amines) is 1. The number of hydrogen-bond donors (Lipinski definition) is 2. The molecule has 0 bridgehead atoms. The normalized spacial score (nSPS) is 22.1. The van der Waals surface area contributed by atoms with E-state index in [2.05, 4.69) is 10.2 Å². The van der Waals surface area contributed by atoms with Gasteiger partial charge in [0.1, 0.15) is 12.1 Å². The maximum absolute atomic E-state index is 13.3. The number of fused-ring (bicyclic) bond motifs is 1. The van der Waals surface area contributed by atoms with E-state index in [0.717, 1.165) is 11.4 Å². The maximum Gasteiger partial charge on any atom is 0.263 e. The Labute approximate surface area is 201 Å². The molecule has 0 radical (unpaired) electrons. The second-order valence-corrected chi connectivity index (χ2v) is 9.26. The van der Waals surface area contributed by atoms with Crippen LogP contribution in [-0.4, -0.2) is 57.7 Å². The number of hydrogen-bond acceptors (Lipinski definition) is 7. The zero-order valence-electron chi connectivity index (χ0n) is 19.0. The molecule has 0 spiro atoms. The summed E-state index contributed by atoms with van der Waals surface area (Å²) in [4.78, 5) is 53.2. The van der Waals surface area contributed by atoms with E-state index in [1.165, 1.54) is 11.6 Å². The Balaban J connectivity index is 1.41. The van der Waals surface area contributed by atoms with Gasteiger partial charge in [-0.1, -0.05) is 36.4 Å². The van der Waals surface area contributed by atoms with Crippen molar-refractivity contribution in [1.82, 2.24) is 15.1 Å². The van der Waals surface area contributed by atoms with Crippen molar-refractivity contribution in [3.8, 4) is 6.07 Å². The predicted octanol–water partition coefficient (Wildman–Crippen LogP) is 1.44. The van der Waals surface area contributed by atoms with Gasteiger partial charge in [0.15, 0.2) is 0 Å². The number of benzene rings is 2. The quantitative estimate of drug-likeness (QED) is 0.644. The molecule has 0 aliphatic carbocycles. The van der Waals surface area contributed by atoms with Crippen LogP contribution in [0.3, 0.4) is 0 Å². The highest BCUT2D eigenvalue weighted by molar-refractivity contribution is 6.24. The smallest absolute Gasteiger partial charge is 0.263 e. The Hall–Kier alpha value is -3.87. The Kier molecular flexibility index (Phi) is 5.71. The standard InChI is InChI=1S/C26H24N4O5/c27-14-18-19(26(35)10-12-29(13-11-26)15-16-4-2-1-3-5-16)7-6-17-22(18)25(34)30(24(17)33)20-8-9-21(31)28-23(20)32/h1-7,20,35H,8-13,15H2,(H,28,31,32). The summed E-state index contributed by atoms with van der Waals surface area (Å²) in [5, 5.41) is 23.7. The molecular formula is C26H24N4O5. The topological polar surface area (TPSA) is 131 Å². The highest BCUT2D eigenvalue weighted by Gasteiger charge is 2.47. The first-order chi connectivity index (χ1) is 16.8. The lowest BCUT2D eigenvalue weighted by atomic mass is 9.80. The van der Waals surface area contributed by atoms with Crippen LogP contribution in [0.5, 0.6) is 0 Å². The summed E-state index contributed by atoms with van der Waals surface area (Å²) in [5.41, 5.74) is 0.0911. The van der Waals surface area contributed by atoms with Gasteiger partial charge < -0.3 is 5.11 Å². The van der Waals surface area contributed by atoms with E-state index in [4.69, 9.17) is 0 Å². The second-order valence-electron chi connectivity index (χ2n) is 9.26. The Morgan fingerprint density at radius 2 is 1.74 bits per heavy atom. The third kappa shape index (κ3) is 3.91. The van der Waals surface area contributed by atoms with Crippen LogP contribution < -0.4 is 5.32 Å². The van der Waals surface area contributed by atoms with Crippen molar-refractivity contribution >= 4 is 23.6 Å². The summed E-state index contributed by atoms with van der Waals surface area (Å²) in [6.07, 6.45) is 0.782. The number of carbonyl (C=O) groups excluding carboxylic acids is 4. The molecule has 3 aliphatic heterocycles. The number of carbonyl (C=O) groups is 4. The van der Waals surface area contributed by atoms with Crippen molar-refractivity contribution in [1.29, 1.82) is 5.26 Å². The van der Waals surface area contributed by atoms with Crippen molar-refractivity contribution in [2.24, 2.45) is 0 Å². The van der Waals surface area contributed by atoms with E-state index < -0.39 is 35.3 Å². The molecule has 2 aromatic rings. The Morgan fingerprint density at radius 3 is 2.40 bits per heavy atom. The van der Waals surface area contributed by atoms with Gasteiger partial charge in [-0.3, -0.25) is 34.3 Å². The van der Waals surface area contributed by atoms with E-state index in [0.29, 0.717) is 31.5 Å². The molecule has 2 N–H and O–H groups in total. The molecule has 9 heteroatoms.